The van der Waals surface area contributed by atoms with Crippen LogP contribution in [-0.4, -0.2) is 18.6 Å². The summed E-state index contributed by atoms with van der Waals surface area (Å²) in [5.74, 6) is -0.308. The molecule has 0 aliphatic rings. The van der Waals surface area contributed by atoms with Gasteiger partial charge < -0.3 is 10.1 Å². The highest BCUT2D eigenvalue weighted by Gasteiger charge is 2.10. The highest BCUT2D eigenvalue weighted by molar-refractivity contribution is 5.89. The molecule has 0 aliphatic heterocycles. The number of carbonyl (C=O) groups excluding carboxylic acids is 1. The van der Waals surface area contributed by atoms with Crippen molar-refractivity contribution in [2.75, 3.05) is 12.4 Å². The first-order valence-corrected chi connectivity index (χ1v) is 4.89. The molecule has 15 heavy (non-hydrogen) atoms. The largest absolute Gasteiger partial charge is 0.465 e. The van der Waals surface area contributed by atoms with E-state index in [0.29, 0.717) is 5.56 Å². The van der Waals surface area contributed by atoms with E-state index in [2.05, 4.69) is 30.8 Å². The molecule has 82 valence electrons. The van der Waals surface area contributed by atoms with Crippen LogP contribution in [0.1, 0.15) is 31.1 Å². The molecule has 0 saturated heterocycles. The van der Waals surface area contributed by atoms with Crippen molar-refractivity contribution in [3.05, 3.63) is 29.8 Å². The van der Waals surface area contributed by atoms with Gasteiger partial charge in [-0.05, 0) is 45.0 Å². The Morgan fingerprint density at radius 1 is 1.20 bits per heavy atom. The van der Waals surface area contributed by atoms with Gasteiger partial charge in [-0.2, -0.15) is 0 Å². The number of benzene rings is 1. The monoisotopic (exact) mass is 207 g/mol. The lowest BCUT2D eigenvalue weighted by molar-refractivity contribution is 0.0601. The van der Waals surface area contributed by atoms with Gasteiger partial charge in [0.15, 0.2) is 0 Å². The molecule has 0 unspecified atom stereocenters. The molecule has 0 aromatic heterocycles. The number of carbonyl (C=O) groups is 1. The summed E-state index contributed by atoms with van der Waals surface area (Å²) in [6.07, 6.45) is 0. The third kappa shape index (κ3) is 3.62. The maximum atomic E-state index is 11.2. The summed E-state index contributed by atoms with van der Waals surface area (Å²) >= 11 is 0. The van der Waals surface area contributed by atoms with Crippen molar-refractivity contribution < 1.29 is 9.53 Å². The van der Waals surface area contributed by atoms with Crippen LogP contribution in [0, 0.1) is 0 Å². The molecule has 0 radical (unpaired) electrons. The van der Waals surface area contributed by atoms with Crippen LogP contribution in [0.3, 0.4) is 0 Å². The van der Waals surface area contributed by atoms with Gasteiger partial charge >= 0.3 is 5.97 Å². The summed E-state index contributed by atoms with van der Waals surface area (Å²) < 4.78 is 4.62. The highest BCUT2D eigenvalue weighted by Crippen LogP contribution is 2.15. The molecule has 0 heterocycles. The van der Waals surface area contributed by atoms with Gasteiger partial charge in [-0.3, -0.25) is 0 Å². The van der Waals surface area contributed by atoms with Crippen molar-refractivity contribution in [1.29, 1.82) is 0 Å². The van der Waals surface area contributed by atoms with Crippen LogP contribution in [-0.2, 0) is 4.74 Å². The summed E-state index contributed by atoms with van der Waals surface area (Å²) in [7, 11) is 1.38. The minimum absolute atomic E-state index is 0.0206. The molecule has 1 rings (SSSR count). The summed E-state index contributed by atoms with van der Waals surface area (Å²) in [4.78, 5) is 11.2. The molecule has 0 amide bonds. The summed E-state index contributed by atoms with van der Waals surface area (Å²) in [6.45, 7) is 6.25. The minimum Gasteiger partial charge on any atom is -0.465 e. The van der Waals surface area contributed by atoms with Gasteiger partial charge in [0, 0.05) is 11.2 Å². The zero-order chi connectivity index (χ0) is 11.5. The predicted molar refractivity (Wildman–Crippen MR) is 61.2 cm³/mol. The molecule has 1 aromatic carbocycles. The van der Waals surface area contributed by atoms with Crippen molar-refractivity contribution in [3.8, 4) is 0 Å². The number of nitrogens with one attached hydrogen (secondary N) is 1. The van der Waals surface area contributed by atoms with Crippen molar-refractivity contribution in [2.45, 2.75) is 26.3 Å². The van der Waals surface area contributed by atoms with Crippen LogP contribution in [0.5, 0.6) is 0 Å². The number of methoxy groups -OCH3 is 1. The fourth-order valence-corrected chi connectivity index (χ4v) is 1.24. The van der Waals surface area contributed by atoms with Crippen LogP contribution in [0.15, 0.2) is 24.3 Å². The van der Waals surface area contributed by atoms with Crippen LogP contribution in [0.4, 0.5) is 5.69 Å². The van der Waals surface area contributed by atoms with Gasteiger partial charge in [-0.15, -0.1) is 0 Å². The summed E-state index contributed by atoms with van der Waals surface area (Å²) in [6, 6.07) is 7.24. The van der Waals surface area contributed by atoms with E-state index in [0.717, 1.165) is 5.69 Å². The zero-order valence-corrected chi connectivity index (χ0v) is 9.63. The average Bonchev–Trinajstić information content (AvgIpc) is 2.15. The van der Waals surface area contributed by atoms with Crippen molar-refractivity contribution in [3.63, 3.8) is 0 Å². The van der Waals surface area contributed by atoms with Crippen LogP contribution < -0.4 is 5.32 Å². The lowest BCUT2D eigenvalue weighted by Crippen LogP contribution is -2.25. The lowest BCUT2D eigenvalue weighted by atomic mass is 10.1. The number of hydrogen-bond acceptors (Lipinski definition) is 3. The number of esters is 1. The van der Waals surface area contributed by atoms with E-state index in [-0.39, 0.29) is 11.5 Å². The van der Waals surface area contributed by atoms with Gasteiger partial charge in [0.1, 0.15) is 0 Å². The highest BCUT2D eigenvalue weighted by atomic mass is 16.5. The molecule has 0 saturated carbocycles. The van der Waals surface area contributed by atoms with E-state index in [1.54, 1.807) is 12.1 Å². The van der Waals surface area contributed by atoms with E-state index >= 15 is 0 Å². The topological polar surface area (TPSA) is 38.3 Å². The Bertz CT molecular complexity index is 336. The van der Waals surface area contributed by atoms with Gasteiger partial charge in [-0.1, -0.05) is 0 Å². The van der Waals surface area contributed by atoms with E-state index in [1.807, 2.05) is 12.1 Å². The standard InChI is InChI=1S/C12H17NO2/c1-12(2,3)13-10-7-5-9(6-8-10)11(14)15-4/h5-8,13H,1-4H3. The SMILES string of the molecule is COC(=O)c1ccc(NC(C)(C)C)cc1. The second kappa shape index (κ2) is 4.34. The van der Waals surface area contributed by atoms with Crippen molar-refractivity contribution in [2.24, 2.45) is 0 Å². The van der Waals surface area contributed by atoms with Crippen molar-refractivity contribution in [1.82, 2.24) is 0 Å². The molecule has 0 spiro atoms. The van der Waals surface area contributed by atoms with Gasteiger partial charge in [-0.25, -0.2) is 4.79 Å². The quantitative estimate of drug-likeness (QED) is 0.758. The molecule has 0 fully saturated rings. The second-order valence-electron chi connectivity index (χ2n) is 4.44. The molecule has 3 nitrogen and oxygen atoms in total. The zero-order valence-electron chi connectivity index (χ0n) is 9.63. The van der Waals surface area contributed by atoms with E-state index in [9.17, 15) is 4.79 Å². The van der Waals surface area contributed by atoms with Gasteiger partial charge in [0.25, 0.3) is 0 Å². The molecule has 3 heteroatoms. The Morgan fingerprint density at radius 2 is 1.73 bits per heavy atom. The molecular weight excluding hydrogens is 190 g/mol. The fraction of sp³-hybridized carbons (Fsp3) is 0.417. The van der Waals surface area contributed by atoms with E-state index in [4.69, 9.17) is 0 Å². The molecule has 0 atom stereocenters. The smallest absolute Gasteiger partial charge is 0.337 e. The molecule has 1 N–H and O–H groups in total. The first-order valence-electron chi connectivity index (χ1n) is 4.89. The molecule has 1 aromatic rings. The minimum atomic E-state index is -0.308. The first kappa shape index (κ1) is 11.6. The molecule has 0 aliphatic carbocycles. The third-order valence-electron chi connectivity index (χ3n) is 1.83. The Kier molecular flexibility index (Phi) is 3.35. The fourth-order valence-electron chi connectivity index (χ4n) is 1.24. The van der Waals surface area contributed by atoms with Crippen LogP contribution >= 0.6 is 0 Å². The maximum absolute atomic E-state index is 11.2. The average molecular weight is 207 g/mol. The van der Waals surface area contributed by atoms with Crippen molar-refractivity contribution >= 4 is 11.7 Å². The Hall–Kier alpha value is -1.51. The number of ether oxygens (including phenoxy) is 1. The first-order chi connectivity index (χ1) is 6.92. The Labute approximate surface area is 90.4 Å². The molecular formula is C12H17NO2. The summed E-state index contributed by atoms with van der Waals surface area (Å²) in [5, 5.41) is 3.31. The Morgan fingerprint density at radius 3 is 2.13 bits per heavy atom. The second-order valence-corrected chi connectivity index (χ2v) is 4.44. The van der Waals surface area contributed by atoms with Gasteiger partial charge in [0.05, 0.1) is 12.7 Å². The number of anilines is 1. The predicted octanol–water partition coefficient (Wildman–Crippen LogP) is 2.68. The third-order valence-corrected chi connectivity index (χ3v) is 1.83. The van der Waals surface area contributed by atoms with E-state index < -0.39 is 0 Å². The van der Waals surface area contributed by atoms with E-state index in [1.165, 1.54) is 7.11 Å². The maximum Gasteiger partial charge on any atom is 0.337 e. The van der Waals surface area contributed by atoms with Crippen LogP contribution in [0.2, 0.25) is 0 Å². The molecule has 0 bridgehead atoms. The summed E-state index contributed by atoms with van der Waals surface area (Å²) in [5.41, 5.74) is 1.58. The Balaban J connectivity index is 2.77. The lowest BCUT2D eigenvalue weighted by Gasteiger charge is -2.22. The van der Waals surface area contributed by atoms with Crippen LogP contribution in [0.25, 0.3) is 0 Å². The number of rotatable bonds is 2. The van der Waals surface area contributed by atoms with Gasteiger partial charge in [0.2, 0.25) is 0 Å². The normalized spacial score (nSPS) is 10.9. The number of hydrogen-bond donors (Lipinski definition) is 1.